The lowest BCUT2D eigenvalue weighted by Gasteiger charge is -2.18. The Balaban J connectivity index is 4.38. The van der Waals surface area contributed by atoms with Crippen molar-refractivity contribution in [3.63, 3.8) is 0 Å². The van der Waals surface area contributed by atoms with Gasteiger partial charge < -0.3 is 14.2 Å². The van der Waals surface area contributed by atoms with Crippen LogP contribution in [0, 0.1) is 0 Å². The SMILES string of the molecule is CC/C=C\C/C=C\C/C=C\C/C=C\C/C=C\CCCCCC(=O)OCC(COCCCCCCCCCCCCCCCCCC)OC(=O)CCCCCCCC/C=C\C/C=C\C/C=C\C/C=C\CC. The molecule has 1 atom stereocenters. The van der Waals surface area contributed by atoms with E-state index in [4.69, 9.17) is 14.2 Å². The van der Waals surface area contributed by atoms with Crippen molar-refractivity contribution >= 4 is 11.9 Å². The standard InChI is InChI=1S/C65H110O5/c1-4-7-10-13-16-19-22-25-28-31-33-35-37-40-43-46-49-52-55-58-64(66)69-62-63(61-68-60-57-54-51-48-45-42-39-30-27-24-21-18-15-12-9-6-3)70-65(67)59-56-53-50-47-44-41-38-36-34-32-29-26-23-20-17-14-11-8-5-2/h7-8,10-11,16-17,19-20,25-26,28-29,33-36,40,43,63H,4-6,9,12-15,18,21-24,27,30-32,37-39,41-42,44-62H2,1-3H3/b10-7-,11-8-,19-16-,20-17-,28-25-,29-26-,35-33-,36-34-,43-40-. The van der Waals surface area contributed by atoms with E-state index in [1.54, 1.807) is 0 Å². The molecule has 0 aliphatic rings. The van der Waals surface area contributed by atoms with Crippen molar-refractivity contribution in [1.82, 2.24) is 0 Å². The lowest BCUT2D eigenvalue weighted by atomic mass is 10.0. The Hall–Kier alpha value is -3.44. The Morgan fingerprint density at radius 2 is 0.643 bits per heavy atom. The molecule has 0 radical (unpaired) electrons. The maximum absolute atomic E-state index is 12.9. The predicted molar refractivity (Wildman–Crippen MR) is 306 cm³/mol. The fourth-order valence-electron chi connectivity index (χ4n) is 8.00. The molecule has 0 N–H and O–H groups in total. The number of carbonyl (C=O) groups excluding carboxylic acids is 2. The molecule has 0 aliphatic carbocycles. The summed E-state index contributed by atoms with van der Waals surface area (Å²) in [4.78, 5) is 25.6. The molecule has 1 unspecified atom stereocenters. The molecule has 0 spiro atoms. The van der Waals surface area contributed by atoms with Gasteiger partial charge in [-0.2, -0.15) is 0 Å². The first kappa shape index (κ1) is 66.6. The van der Waals surface area contributed by atoms with E-state index in [-0.39, 0.29) is 25.2 Å². The van der Waals surface area contributed by atoms with Crippen molar-refractivity contribution in [2.24, 2.45) is 0 Å². The van der Waals surface area contributed by atoms with Crippen LogP contribution in [0.15, 0.2) is 109 Å². The number of allylic oxidation sites excluding steroid dienone is 18. The lowest BCUT2D eigenvalue weighted by molar-refractivity contribution is -0.163. The number of carbonyl (C=O) groups is 2. The fourth-order valence-corrected chi connectivity index (χ4v) is 8.00. The zero-order valence-corrected chi connectivity index (χ0v) is 46.0. The van der Waals surface area contributed by atoms with E-state index in [2.05, 4.69) is 130 Å². The molecule has 0 saturated heterocycles. The van der Waals surface area contributed by atoms with Crippen molar-refractivity contribution in [2.45, 2.75) is 271 Å². The highest BCUT2D eigenvalue weighted by atomic mass is 16.6. The van der Waals surface area contributed by atoms with Gasteiger partial charge in [-0.05, 0) is 103 Å². The molecule has 70 heavy (non-hydrogen) atoms. The molecule has 0 aromatic carbocycles. The van der Waals surface area contributed by atoms with Gasteiger partial charge in [0.15, 0.2) is 6.10 Å². The van der Waals surface area contributed by atoms with Crippen LogP contribution in [-0.2, 0) is 23.8 Å². The van der Waals surface area contributed by atoms with Crippen LogP contribution in [0.4, 0.5) is 0 Å². The monoisotopic (exact) mass is 971 g/mol. The summed E-state index contributed by atoms with van der Waals surface area (Å²) in [5, 5.41) is 0. The van der Waals surface area contributed by atoms with Crippen molar-refractivity contribution in [3.8, 4) is 0 Å². The lowest BCUT2D eigenvalue weighted by Crippen LogP contribution is -2.30. The smallest absolute Gasteiger partial charge is 0.306 e. The summed E-state index contributed by atoms with van der Waals surface area (Å²) in [5.41, 5.74) is 0. The van der Waals surface area contributed by atoms with Gasteiger partial charge in [0.25, 0.3) is 0 Å². The molecule has 0 amide bonds. The summed E-state index contributed by atoms with van der Waals surface area (Å²) in [6.45, 7) is 7.57. The number of rotatable bonds is 53. The Bertz CT molecular complexity index is 1380. The summed E-state index contributed by atoms with van der Waals surface area (Å²) < 4.78 is 17.5. The first-order valence-corrected chi connectivity index (χ1v) is 29.4. The van der Waals surface area contributed by atoms with E-state index >= 15 is 0 Å². The van der Waals surface area contributed by atoms with Crippen LogP contribution >= 0.6 is 0 Å². The van der Waals surface area contributed by atoms with Gasteiger partial charge in [-0.15, -0.1) is 0 Å². The quantitative estimate of drug-likeness (QED) is 0.0345. The molecule has 0 fully saturated rings. The largest absolute Gasteiger partial charge is 0.462 e. The predicted octanol–water partition coefficient (Wildman–Crippen LogP) is 20.3. The minimum Gasteiger partial charge on any atom is -0.462 e. The molecule has 0 rings (SSSR count). The molecule has 0 bridgehead atoms. The van der Waals surface area contributed by atoms with Gasteiger partial charge >= 0.3 is 11.9 Å². The number of unbranched alkanes of at least 4 members (excludes halogenated alkanes) is 24. The minimum atomic E-state index is -0.564. The summed E-state index contributed by atoms with van der Waals surface area (Å²) in [5.74, 6) is -0.447. The van der Waals surface area contributed by atoms with E-state index in [0.29, 0.717) is 19.4 Å². The number of hydrogen-bond donors (Lipinski definition) is 0. The van der Waals surface area contributed by atoms with Crippen LogP contribution in [-0.4, -0.2) is 37.9 Å². The second kappa shape index (κ2) is 59.9. The van der Waals surface area contributed by atoms with Gasteiger partial charge in [-0.3, -0.25) is 9.59 Å². The van der Waals surface area contributed by atoms with Crippen LogP contribution in [0.1, 0.15) is 265 Å². The normalized spacial score (nSPS) is 13.0. The van der Waals surface area contributed by atoms with Crippen LogP contribution in [0.2, 0.25) is 0 Å². The highest BCUT2D eigenvalue weighted by Crippen LogP contribution is 2.15. The van der Waals surface area contributed by atoms with Crippen molar-refractivity contribution in [2.75, 3.05) is 19.8 Å². The molecule has 400 valence electrons. The maximum Gasteiger partial charge on any atom is 0.306 e. The van der Waals surface area contributed by atoms with Gasteiger partial charge in [0.1, 0.15) is 6.61 Å². The van der Waals surface area contributed by atoms with Crippen molar-refractivity contribution in [3.05, 3.63) is 109 Å². The van der Waals surface area contributed by atoms with E-state index in [0.717, 1.165) is 122 Å². The Kier molecular flexibility index (Phi) is 56.9. The first-order chi connectivity index (χ1) is 34.6. The minimum absolute atomic E-state index is 0.0584. The van der Waals surface area contributed by atoms with Gasteiger partial charge in [0, 0.05) is 19.4 Å². The maximum atomic E-state index is 12.9. The van der Waals surface area contributed by atoms with Gasteiger partial charge in [0.2, 0.25) is 0 Å². The zero-order chi connectivity index (χ0) is 50.6. The molecule has 0 saturated carbocycles. The zero-order valence-electron chi connectivity index (χ0n) is 46.0. The Labute approximate surface area is 434 Å². The van der Waals surface area contributed by atoms with Gasteiger partial charge in [-0.25, -0.2) is 0 Å². The third-order valence-electron chi connectivity index (χ3n) is 12.3. The summed E-state index contributed by atoms with van der Waals surface area (Å²) >= 11 is 0. The van der Waals surface area contributed by atoms with Crippen LogP contribution in [0.5, 0.6) is 0 Å². The second-order valence-corrected chi connectivity index (χ2v) is 19.1. The Morgan fingerprint density at radius 1 is 0.329 bits per heavy atom. The highest BCUT2D eigenvalue weighted by Gasteiger charge is 2.17. The summed E-state index contributed by atoms with van der Waals surface area (Å²) in [6, 6.07) is 0. The summed E-state index contributed by atoms with van der Waals surface area (Å²) in [6.07, 6.45) is 82.5. The topological polar surface area (TPSA) is 61.8 Å². The molecule has 5 nitrogen and oxygen atoms in total. The van der Waals surface area contributed by atoms with Gasteiger partial charge in [-0.1, -0.05) is 259 Å². The molecule has 0 aromatic rings. The first-order valence-electron chi connectivity index (χ1n) is 29.4. The van der Waals surface area contributed by atoms with E-state index < -0.39 is 6.10 Å². The number of hydrogen-bond acceptors (Lipinski definition) is 5. The van der Waals surface area contributed by atoms with E-state index in [1.807, 2.05) is 0 Å². The Morgan fingerprint density at radius 3 is 1.04 bits per heavy atom. The van der Waals surface area contributed by atoms with Crippen LogP contribution in [0.3, 0.4) is 0 Å². The third kappa shape index (κ3) is 57.1. The van der Waals surface area contributed by atoms with Crippen molar-refractivity contribution < 1.29 is 23.8 Å². The van der Waals surface area contributed by atoms with E-state index in [9.17, 15) is 9.59 Å². The molecule has 0 aromatic heterocycles. The average molecular weight is 972 g/mol. The molecule has 5 heteroatoms. The molecular formula is C65H110O5. The van der Waals surface area contributed by atoms with E-state index in [1.165, 1.54) is 109 Å². The van der Waals surface area contributed by atoms with Gasteiger partial charge in [0.05, 0.1) is 6.61 Å². The molecule has 0 heterocycles. The number of ether oxygens (including phenoxy) is 3. The number of esters is 2. The average Bonchev–Trinajstić information content (AvgIpc) is 3.36. The summed E-state index contributed by atoms with van der Waals surface area (Å²) in [7, 11) is 0. The molecule has 0 aliphatic heterocycles. The third-order valence-corrected chi connectivity index (χ3v) is 12.3. The van der Waals surface area contributed by atoms with Crippen LogP contribution in [0.25, 0.3) is 0 Å². The van der Waals surface area contributed by atoms with Crippen LogP contribution < -0.4 is 0 Å². The van der Waals surface area contributed by atoms with Crippen molar-refractivity contribution in [1.29, 1.82) is 0 Å². The second-order valence-electron chi connectivity index (χ2n) is 19.1. The fraction of sp³-hybridized carbons (Fsp3) is 0.692. The highest BCUT2D eigenvalue weighted by molar-refractivity contribution is 5.70. The molecular weight excluding hydrogens is 861 g/mol.